The summed E-state index contributed by atoms with van der Waals surface area (Å²) in [5.74, 6) is -0.480. The van der Waals surface area contributed by atoms with Crippen LogP contribution in [0.5, 0.6) is 0 Å². The van der Waals surface area contributed by atoms with Crippen molar-refractivity contribution in [2.24, 2.45) is 11.8 Å². The molecule has 1 rings (SSSR count). The highest BCUT2D eigenvalue weighted by Gasteiger charge is 2.30. The highest BCUT2D eigenvalue weighted by molar-refractivity contribution is 5.73. The number of hydrogen-bond donors (Lipinski definition) is 1. The number of carbonyl (C=O) groups excluding carboxylic acids is 1. The zero-order valence-electron chi connectivity index (χ0n) is 8.69. The molecule has 1 amide bonds. The van der Waals surface area contributed by atoms with Crippen molar-refractivity contribution >= 4 is 11.9 Å². The van der Waals surface area contributed by atoms with Crippen molar-refractivity contribution in [2.45, 2.75) is 26.2 Å². The SMILES string of the molecule is CC(=O)N(C)CC1CCC(C(=O)O)C1. The van der Waals surface area contributed by atoms with Crippen LogP contribution in [-0.4, -0.2) is 35.5 Å². The number of carboxylic acid groups (broad SMARTS) is 1. The van der Waals surface area contributed by atoms with E-state index in [0.29, 0.717) is 18.9 Å². The number of amides is 1. The van der Waals surface area contributed by atoms with E-state index in [2.05, 4.69) is 0 Å². The fourth-order valence-corrected chi connectivity index (χ4v) is 1.98. The zero-order chi connectivity index (χ0) is 10.7. The lowest BCUT2D eigenvalue weighted by molar-refractivity contribution is -0.141. The number of hydrogen-bond acceptors (Lipinski definition) is 2. The lowest BCUT2D eigenvalue weighted by Crippen LogP contribution is -2.29. The second kappa shape index (κ2) is 4.44. The van der Waals surface area contributed by atoms with Gasteiger partial charge < -0.3 is 10.0 Å². The number of rotatable bonds is 3. The van der Waals surface area contributed by atoms with Crippen LogP contribution in [0.1, 0.15) is 26.2 Å². The van der Waals surface area contributed by atoms with Crippen molar-refractivity contribution in [3.8, 4) is 0 Å². The molecule has 2 atom stereocenters. The first-order chi connectivity index (χ1) is 6.50. The molecule has 0 aromatic rings. The van der Waals surface area contributed by atoms with Gasteiger partial charge in [-0.15, -0.1) is 0 Å². The van der Waals surface area contributed by atoms with Crippen LogP contribution < -0.4 is 0 Å². The second-order valence-electron chi connectivity index (χ2n) is 4.11. The molecule has 1 aliphatic carbocycles. The minimum Gasteiger partial charge on any atom is -0.481 e. The van der Waals surface area contributed by atoms with Gasteiger partial charge in [0.2, 0.25) is 5.91 Å². The summed E-state index contributed by atoms with van der Waals surface area (Å²) >= 11 is 0. The number of carboxylic acids is 1. The smallest absolute Gasteiger partial charge is 0.306 e. The van der Waals surface area contributed by atoms with Crippen LogP contribution in [0, 0.1) is 11.8 Å². The second-order valence-corrected chi connectivity index (χ2v) is 4.11. The van der Waals surface area contributed by atoms with E-state index >= 15 is 0 Å². The molecule has 4 heteroatoms. The number of aliphatic carboxylic acids is 1. The maximum Gasteiger partial charge on any atom is 0.306 e. The Hall–Kier alpha value is -1.06. The first-order valence-electron chi connectivity index (χ1n) is 4.95. The van der Waals surface area contributed by atoms with Gasteiger partial charge in [0.1, 0.15) is 0 Å². The normalized spacial score (nSPS) is 26.1. The Morgan fingerprint density at radius 1 is 1.43 bits per heavy atom. The third-order valence-corrected chi connectivity index (χ3v) is 2.96. The Morgan fingerprint density at radius 2 is 2.07 bits per heavy atom. The van der Waals surface area contributed by atoms with E-state index in [1.807, 2.05) is 0 Å². The van der Waals surface area contributed by atoms with Crippen LogP contribution >= 0.6 is 0 Å². The molecule has 4 nitrogen and oxygen atoms in total. The average molecular weight is 199 g/mol. The van der Waals surface area contributed by atoms with Crippen molar-refractivity contribution in [3.05, 3.63) is 0 Å². The first-order valence-corrected chi connectivity index (χ1v) is 4.95. The molecule has 0 aliphatic heterocycles. The standard InChI is InChI=1S/C10H17NO3/c1-7(12)11(2)6-8-3-4-9(5-8)10(13)14/h8-9H,3-6H2,1-2H3,(H,13,14). The molecule has 0 spiro atoms. The van der Waals surface area contributed by atoms with E-state index in [-0.39, 0.29) is 11.8 Å². The topological polar surface area (TPSA) is 57.6 Å². The molecular formula is C10H17NO3. The Kier molecular flexibility index (Phi) is 3.49. The Balaban J connectivity index is 2.36. The highest BCUT2D eigenvalue weighted by atomic mass is 16.4. The number of nitrogens with zero attached hydrogens (tertiary/aromatic N) is 1. The molecule has 14 heavy (non-hydrogen) atoms. The molecule has 0 heterocycles. The van der Waals surface area contributed by atoms with Gasteiger partial charge in [-0.25, -0.2) is 0 Å². The maximum atomic E-state index is 11.0. The van der Waals surface area contributed by atoms with E-state index in [9.17, 15) is 9.59 Å². The molecule has 80 valence electrons. The van der Waals surface area contributed by atoms with Crippen LogP contribution in [0.2, 0.25) is 0 Å². The summed E-state index contributed by atoms with van der Waals surface area (Å²) in [6.07, 6.45) is 2.40. The first kappa shape index (κ1) is 11.0. The van der Waals surface area contributed by atoms with E-state index in [1.54, 1.807) is 11.9 Å². The van der Waals surface area contributed by atoms with Gasteiger partial charge in [-0.05, 0) is 25.2 Å². The fraction of sp³-hybridized carbons (Fsp3) is 0.800. The molecule has 2 unspecified atom stereocenters. The van der Waals surface area contributed by atoms with Gasteiger partial charge in [-0.3, -0.25) is 9.59 Å². The molecule has 1 aliphatic rings. The molecule has 0 aromatic heterocycles. The summed E-state index contributed by atoms with van der Waals surface area (Å²) in [4.78, 5) is 23.3. The maximum absolute atomic E-state index is 11.0. The Labute approximate surface area is 83.9 Å². The van der Waals surface area contributed by atoms with Crippen LogP contribution in [0.25, 0.3) is 0 Å². The van der Waals surface area contributed by atoms with Crippen LogP contribution in [0.3, 0.4) is 0 Å². The van der Waals surface area contributed by atoms with Crippen LogP contribution in [-0.2, 0) is 9.59 Å². The molecule has 1 saturated carbocycles. The molecule has 0 saturated heterocycles. The van der Waals surface area contributed by atoms with Gasteiger partial charge in [-0.2, -0.15) is 0 Å². The fourth-order valence-electron chi connectivity index (χ4n) is 1.98. The van der Waals surface area contributed by atoms with E-state index in [1.165, 1.54) is 6.92 Å². The van der Waals surface area contributed by atoms with Crippen molar-refractivity contribution in [1.29, 1.82) is 0 Å². The summed E-state index contributed by atoms with van der Waals surface area (Å²) in [5, 5.41) is 8.79. The third-order valence-electron chi connectivity index (χ3n) is 2.96. The van der Waals surface area contributed by atoms with Crippen LogP contribution in [0.4, 0.5) is 0 Å². The lowest BCUT2D eigenvalue weighted by Gasteiger charge is -2.19. The van der Waals surface area contributed by atoms with Crippen molar-refractivity contribution in [1.82, 2.24) is 4.90 Å². The summed E-state index contributed by atoms with van der Waals surface area (Å²) in [7, 11) is 1.76. The van der Waals surface area contributed by atoms with Gasteiger partial charge >= 0.3 is 5.97 Å². The predicted octanol–water partition coefficient (Wildman–Crippen LogP) is 0.966. The monoisotopic (exact) mass is 199 g/mol. The quantitative estimate of drug-likeness (QED) is 0.736. The summed E-state index contributed by atoms with van der Waals surface area (Å²) < 4.78 is 0. The van der Waals surface area contributed by atoms with Gasteiger partial charge in [0.05, 0.1) is 5.92 Å². The van der Waals surface area contributed by atoms with Crippen molar-refractivity contribution in [3.63, 3.8) is 0 Å². The van der Waals surface area contributed by atoms with E-state index in [4.69, 9.17) is 5.11 Å². The summed E-state index contributed by atoms with van der Waals surface area (Å²) in [5.41, 5.74) is 0. The summed E-state index contributed by atoms with van der Waals surface area (Å²) in [6.45, 7) is 2.22. The molecule has 1 fully saturated rings. The summed E-state index contributed by atoms with van der Waals surface area (Å²) in [6, 6.07) is 0. The van der Waals surface area contributed by atoms with Crippen LogP contribution in [0.15, 0.2) is 0 Å². The molecule has 0 radical (unpaired) electrons. The predicted molar refractivity (Wildman–Crippen MR) is 51.8 cm³/mol. The van der Waals surface area contributed by atoms with E-state index in [0.717, 1.165) is 12.8 Å². The number of carbonyl (C=O) groups is 2. The molecule has 0 aromatic carbocycles. The van der Waals surface area contributed by atoms with E-state index < -0.39 is 5.97 Å². The van der Waals surface area contributed by atoms with Gasteiger partial charge in [0, 0.05) is 20.5 Å². The minimum absolute atomic E-state index is 0.0452. The van der Waals surface area contributed by atoms with Gasteiger partial charge in [-0.1, -0.05) is 0 Å². The van der Waals surface area contributed by atoms with Crippen molar-refractivity contribution in [2.75, 3.05) is 13.6 Å². The Morgan fingerprint density at radius 3 is 2.50 bits per heavy atom. The third kappa shape index (κ3) is 2.72. The lowest BCUT2D eigenvalue weighted by atomic mass is 10.0. The van der Waals surface area contributed by atoms with Gasteiger partial charge in [0.15, 0.2) is 0 Å². The largest absolute Gasteiger partial charge is 0.481 e. The minimum atomic E-state index is -0.696. The van der Waals surface area contributed by atoms with Gasteiger partial charge in [0.25, 0.3) is 0 Å². The van der Waals surface area contributed by atoms with Crippen molar-refractivity contribution < 1.29 is 14.7 Å². The average Bonchev–Trinajstić information content (AvgIpc) is 2.52. The molecule has 1 N–H and O–H groups in total. The molecule has 0 bridgehead atoms. The zero-order valence-corrected chi connectivity index (χ0v) is 8.69. The molecular weight excluding hydrogens is 182 g/mol. The highest BCUT2D eigenvalue weighted by Crippen LogP contribution is 2.31. The Bertz CT molecular complexity index is 240.